The van der Waals surface area contributed by atoms with Gasteiger partial charge >= 0.3 is 0 Å². The number of sulfone groups is 1. The number of fused-ring (bicyclic) bond motifs is 1. The minimum Gasteiger partial charge on any atom is -0.505 e. The van der Waals surface area contributed by atoms with Crippen molar-refractivity contribution in [3.05, 3.63) is 69.4 Å². The zero-order chi connectivity index (χ0) is 25.8. The summed E-state index contributed by atoms with van der Waals surface area (Å²) >= 11 is 0. The number of hydrogen-bond acceptors (Lipinski definition) is 7. The van der Waals surface area contributed by atoms with E-state index in [1.165, 1.54) is 36.7 Å². The third-order valence-electron chi connectivity index (χ3n) is 5.61. The van der Waals surface area contributed by atoms with Crippen molar-refractivity contribution in [1.29, 1.82) is 0 Å². The number of halogens is 1. The number of aliphatic hydroxyl groups is 1. The van der Waals surface area contributed by atoms with Crippen LogP contribution >= 0.6 is 0 Å². The van der Waals surface area contributed by atoms with E-state index in [0.29, 0.717) is 12.0 Å². The van der Waals surface area contributed by atoms with Crippen molar-refractivity contribution in [3.63, 3.8) is 0 Å². The average Bonchev–Trinajstić information content (AvgIpc) is 2.80. The van der Waals surface area contributed by atoms with Gasteiger partial charge in [0.25, 0.3) is 11.5 Å². The van der Waals surface area contributed by atoms with Gasteiger partial charge in [0.15, 0.2) is 15.6 Å². The minimum atomic E-state index is -3.41. The standard InChI is InChI=1S/C24H28FN3O6S/c1-15(2)35(33,34)11-8-26-23(31)20-22(30)21-19(28(24(20)32)9-3-10-29)13-17(14-27-21)12-16-4-6-18(25)7-5-16/h4-7,13-15,29-30H,3,8-12H2,1-2H3,(H,26,31). The van der Waals surface area contributed by atoms with E-state index in [1.54, 1.807) is 18.2 Å². The zero-order valence-electron chi connectivity index (χ0n) is 19.5. The molecule has 1 amide bonds. The molecule has 0 spiro atoms. The number of carbonyl (C=O) groups excluding carboxylic acids is 1. The number of nitrogens with one attached hydrogen (secondary N) is 1. The molecule has 0 fully saturated rings. The van der Waals surface area contributed by atoms with Gasteiger partial charge in [-0.05, 0) is 56.0 Å². The second-order valence-corrected chi connectivity index (χ2v) is 11.1. The molecule has 2 aromatic heterocycles. The van der Waals surface area contributed by atoms with Crippen LogP contribution in [-0.2, 0) is 22.8 Å². The Morgan fingerprint density at radius 1 is 1.20 bits per heavy atom. The molecule has 0 saturated carbocycles. The van der Waals surface area contributed by atoms with Crippen LogP contribution in [0.5, 0.6) is 5.75 Å². The number of aromatic hydroxyl groups is 1. The number of carbonyl (C=O) groups is 1. The van der Waals surface area contributed by atoms with Crippen LogP contribution < -0.4 is 10.9 Å². The van der Waals surface area contributed by atoms with Crippen LogP contribution in [0.2, 0.25) is 0 Å². The van der Waals surface area contributed by atoms with Gasteiger partial charge < -0.3 is 20.1 Å². The Balaban J connectivity index is 1.99. The third kappa shape index (κ3) is 6.04. The van der Waals surface area contributed by atoms with E-state index in [1.807, 2.05) is 0 Å². The van der Waals surface area contributed by atoms with Gasteiger partial charge in [-0.2, -0.15) is 0 Å². The van der Waals surface area contributed by atoms with Crippen LogP contribution in [-0.4, -0.2) is 58.2 Å². The van der Waals surface area contributed by atoms with Crippen molar-refractivity contribution < 1.29 is 27.8 Å². The lowest BCUT2D eigenvalue weighted by Gasteiger charge is -2.15. The SMILES string of the molecule is CC(C)S(=O)(=O)CCNC(=O)c1c(O)c2ncc(Cc3ccc(F)cc3)cc2n(CCCO)c1=O. The molecule has 0 radical (unpaired) electrons. The maximum Gasteiger partial charge on any atom is 0.267 e. The number of benzene rings is 1. The van der Waals surface area contributed by atoms with Gasteiger partial charge in [-0.15, -0.1) is 0 Å². The molecule has 0 saturated heterocycles. The number of rotatable bonds is 10. The number of aryl methyl sites for hydroxylation is 1. The second-order valence-electron chi connectivity index (χ2n) is 8.44. The summed E-state index contributed by atoms with van der Waals surface area (Å²) in [6.45, 7) is 2.70. The molecular formula is C24H28FN3O6S. The van der Waals surface area contributed by atoms with Gasteiger partial charge in [-0.1, -0.05) is 12.1 Å². The maximum atomic E-state index is 13.2. The monoisotopic (exact) mass is 505 g/mol. The highest BCUT2D eigenvalue weighted by molar-refractivity contribution is 7.92. The van der Waals surface area contributed by atoms with Crippen LogP contribution in [0.15, 0.2) is 41.3 Å². The molecule has 0 unspecified atom stereocenters. The van der Waals surface area contributed by atoms with Gasteiger partial charge in [0.2, 0.25) is 0 Å². The fourth-order valence-electron chi connectivity index (χ4n) is 3.57. The summed E-state index contributed by atoms with van der Waals surface area (Å²) in [7, 11) is -3.41. The first kappa shape index (κ1) is 26.3. The molecule has 1 aromatic carbocycles. The third-order valence-corrected chi connectivity index (χ3v) is 7.82. The fourth-order valence-corrected chi connectivity index (χ4v) is 4.43. The molecule has 11 heteroatoms. The highest BCUT2D eigenvalue weighted by Crippen LogP contribution is 2.26. The Labute approximate surface area is 202 Å². The summed E-state index contributed by atoms with van der Waals surface area (Å²) < 4.78 is 38.4. The maximum absolute atomic E-state index is 13.2. The molecular weight excluding hydrogens is 477 g/mol. The lowest BCUT2D eigenvalue weighted by molar-refractivity contribution is 0.0951. The van der Waals surface area contributed by atoms with Crippen LogP contribution in [0.3, 0.4) is 0 Å². The summed E-state index contributed by atoms with van der Waals surface area (Å²) in [5.41, 5.74) is 0.472. The van der Waals surface area contributed by atoms with Gasteiger partial charge in [0.05, 0.1) is 16.5 Å². The molecule has 0 aliphatic carbocycles. The first-order valence-corrected chi connectivity index (χ1v) is 12.9. The Morgan fingerprint density at radius 3 is 2.51 bits per heavy atom. The first-order valence-electron chi connectivity index (χ1n) is 11.1. The first-order chi connectivity index (χ1) is 16.5. The minimum absolute atomic E-state index is 0.0188. The Kier molecular flexibility index (Phi) is 8.23. The highest BCUT2D eigenvalue weighted by atomic mass is 32.2. The normalized spacial score (nSPS) is 11.8. The summed E-state index contributed by atoms with van der Waals surface area (Å²) in [5, 5.41) is 21.8. The lowest BCUT2D eigenvalue weighted by atomic mass is 10.1. The number of aliphatic hydroxyl groups excluding tert-OH is 1. The van der Waals surface area contributed by atoms with Gasteiger partial charge in [-0.3, -0.25) is 14.6 Å². The summed E-state index contributed by atoms with van der Waals surface area (Å²) in [6, 6.07) is 7.58. The Hall–Kier alpha value is -3.31. The zero-order valence-corrected chi connectivity index (χ0v) is 20.3. The molecule has 3 aromatic rings. The molecule has 35 heavy (non-hydrogen) atoms. The van der Waals surface area contributed by atoms with Crippen LogP contribution in [0.1, 0.15) is 41.8 Å². The molecule has 0 aliphatic rings. The van der Waals surface area contributed by atoms with E-state index in [-0.39, 0.29) is 48.7 Å². The smallest absolute Gasteiger partial charge is 0.267 e. The van der Waals surface area contributed by atoms with E-state index >= 15 is 0 Å². The molecule has 9 nitrogen and oxygen atoms in total. The molecule has 0 atom stereocenters. The molecule has 188 valence electrons. The van der Waals surface area contributed by atoms with E-state index in [9.17, 15) is 32.6 Å². The molecule has 0 bridgehead atoms. The topological polar surface area (TPSA) is 139 Å². The van der Waals surface area contributed by atoms with E-state index in [4.69, 9.17) is 0 Å². The van der Waals surface area contributed by atoms with Crippen molar-refractivity contribution >= 4 is 26.8 Å². The van der Waals surface area contributed by atoms with E-state index < -0.39 is 37.9 Å². The molecule has 0 aliphatic heterocycles. The lowest BCUT2D eigenvalue weighted by Crippen LogP contribution is -2.36. The summed E-state index contributed by atoms with van der Waals surface area (Å²) in [5.74, 6) is -2.19. The number of pyridine rings is 2. The number of hydrogen-bond donors (Lipinski definition) is 3. The highest BCUT2D eigenvalue weighted by Gasteiger charge is 2.24. The predicted octanol–water partition coefficient (Wildman–Crippen LogP) is 1.77. The van der Waals surface area contributed by atoms with E-state index in [2.05, 4.69) is 10.3 Å². The van der Waals surface area contributed by atoms with Crippen LogP contribution in [0.25, 0.3) is 11.0 Å². The van der Waals surface area contributed by atoms with Crippen LogP contribution in [0, 0.1) is 5.82 Å². The van der Waals surface area contributed by atoms with Crippen molar-refractivity contribution in [2.45, 2.75) is 38.5 Å². The number of nitrogens with zero attached hydrogens (tertiary/aromatic N) is 2. The Bertz CT molecular complexity index is 1390. The summed E-state index contributed by atoms with van der Waals surface area (Å²) in [4.78, 5) is 30.2. The number of aromatic nitrogens is 2. The summed E-state index contributed by atoms with van der Waals surface area (Å²) in [6.07, 6.45) is 2.10. The molecule has 3 rings (SSSR count). The van der Waals surface area contributed by atoms with Crippen molar-refractivity contribution in [2.24, 2.45) is 0 Å². The van der Waals surface area contributed by atoms with Crippen molar-refractivity contribution in [1.82, 2.24) is 14.9 Å². The molecule has 3 N–H and O–H groups in total. The fraction of sp³-hybridized carbons (Fsp3) is 0.375. The van der Waals surface area contributed by atoms with Gasteiger partial charge in [0.1, 0.15) is 16.9 Å². The average molecular weight is 506 g/mol. The Morgan fingerprint density at radius 2 is 1.89 bits per heavy atom. The molecule has 2 heterocycles. The second kappa shape index (κ2) is 11.0. The van der Waals surface area contributed by atoms with Crippen molar-refractivity contribution in [3.8, 4) is 5.75 Å². The predicted molar refractivity (Wildman–Crippen MR) is 130 cm³/mol. The number of amides is 1. The van der Waals surface area contributed by atoms with Crippen LogP contribution in [0.4, 0.5) is 4.39 Å². The largest absolute Gasteiger partial charge is 0.505 e. The van der Waals surface area contributed by atoms with Crippen molar-refractivity contribution in [2.75, 3.05) is 18.9 Å². The van der Waals surface area contributed by atoms with Gasteiger partial charge in [-0.25, -0.2) is 12.8 Å². The van der Waals surface area contributed by atoms with E-state index in [0.717, 1.165) is 5.56 Å². The van der Waals surface area contributed by atoms with Gasteiger partial charge in [0, 0.05) is 25.9 Å². The quantitative estimate of drug-likeness (QED) is 0.382.